The summed E-state index contributed by atoms with van der Waals surface area (Å²) in [5, 5.41) is 12.5. The first kappa shape index (κ1) is 24.7. The standard InChI is InChI=1S/C27H34N4O4/c28-12-8-20-9-13-30(14-10-20)26(34)21-6-7-22-18-31(15-11-19-4-2-1-3-5-19)27(35)24(17-25(32)33)29-23(22)16-21/h1-7,16,20,24,29H,8-15,17-18,28H2,(H,32,33). The number of rotatable bonds is 8. The molecule has 2 amide bonds. The average molecular weight is 479 g/mol. The van der Waals surface area contributed by atoms with E-state index in [-0.39, 0.29) is 18.2 Å². The Morgan fingerprint density at radius 3 is 2.51 bits per heavy atom. The molecule has 0 spiro atoms. The van der Waals surface area contributed by atoms with Gasteiger partial charge in [0.1, 0.15) is 6.04 Å². The lowest BCUT2D eigenvalue weighted by Crippen LogP contribution is -2.42. The first-order chi connectivity index (χ1) is 16.9. The topological polar surface area (TPSA) is 116 Å². The molecule has 2 aliphatic heterocycles. The third-order valence-electron chi connectivity index (χ3n) is 7.03. The molecule has 0 saturated carbocycles. The van der Waals surface area contributed by atoms with Gasteiger partial charge in [0.05, 0.1) is 6.42 Å². The smallest absolute Gasteiger partial charge is 0.305 e. The lowest BCUT2D eigenvalue weighted by molar-refractivity contribution is -0.141. The number of carboxylic acid groups (broad SMARTS) is 1. The molecule has 2 aliphatic rings. The van der Waals surface area contributed by atoms with Gasteiger partial charge in [-0.05, 0) is 61.4 Å². The second-order valence-corrected chi connectivity index (χ2v) is 9.48. The SMILES string of the molecule is NCCC1CCN(C(=O)c2ccc3c(c2)NC(CC(=O)O)C(=O)N(CCc2ccccc2)C3)CC1. The van der Waals surface area contributed by atoms with Crippen molar-refractivity contribution in [3.8, 4) is 0 Å². The molecule has 8 heteroatoms. The molecule has 0 radical (unpaired) electrons. The number of nitrogens with two attached hydrogens (primary N) is 1. The van der Waals surface area contributed by atoms with Crippen molar-refractivity contribution in [2.75, 3.05) is 31.5 Å². The zero-order valence-electron chi connectivity index (χ0n) is 20.0. The number of piperidine rings is 1. The first-order valence-corrected chi connectivity index (χ1v) is 12.4. The summed E-state index contributed by atoms with van der Waals surface area (Å²) in [5.41, 5.74) is 8.86. The number of aliphatic carboxylic acids is 1. The zero-order chi connectivity index (χ0) is 24.8. The fourth-order valence-corrected chi connectivity index (χ4v) is 4.99. The van der Waals surface area contributed by atoms with Gasteiger partial charge in [-0.2, -0.15) is 0 Å². The van der Waals surface area contributed by atoms with E-state index in [4.69, 9.17) is 5.73 Å². The minimum atomic E-state index is -1.05. The number of likely N-dealkylation sites (tertiary alicyclic amines) is 1. The number of nitrogens with zero attached hydrogens (tertiary/aromatic N) is 2. The molecule has 0 aromatic heterocycles. The molecule has 4 N–H and O–H groups in total. The predicted octanol–water partition coefficient (Wildman–Crippen LogP) is 2.73. The predicted molar refractivity (Wildman–Crippen MR) is 134 cm³/mol. The van der Waals surface area contributed by atoms with Crippen LogP contribution in [0.25, 0.3) is 0 Å². The number of fused-ring (bicyclic) bond motifs is 1. The lowest BCUT2D eigenvalue weighted by Gasteiger charge is -2.32. The fraction of sp³-hybridized carbons (Fsp3) is 0.444. The van der Waals surface area contributed by atoms with Crippen LogP contribution >= 0.6 is 0 Å². The van der Waals surface area contributed by atoms with E-state index in [1.54, 1.807) is 11.0 Å². The van der Waals surface area contributed by atoms with Gasteiger partial charge in [0, 0.05) is 37.4 Å². The van der Waals surface area contributed by atoms with Crippen LogP contribution in [0.15, 0.2) is 48.5 Å². The average Bonchev–Trinajstić information content (AvgIpc) is 2.99. The quantitative estimate of drug-likeness (QED) is 0.537. The molecule has 1 unspecified atom stereocenters. The summed E-state index contributed by atoms with van der Waals surface area (Å²) in [6, 6.07) is 14.5. The summed E-state index contributed by atoms with van der Waals surface area (Å²) in [6.07, 6.45) is 3.26. The minimum Gasteiger partial charge on any atom is -0.481 e. The first-order valence-electron chi connectivity index (χ1n) is 12.4. The maximum Gasteiger partial charge on any atom is 0.305 e. The number of benzene rings is 2. The molecule has 2 aromatic rings. The van der Waals surface area contributed by atoms with Crippen molar-refractivity contribution in [1.29, 1.82) is 0 Å². The van der Waals surface area contributed by atoms with Crippen molar-refractivity contribution in [3.63, 3.8) is 0 Å². The van der Waals surface area contributed by atoms with Crippen molar-refractivity contribution in [2.45, 2.75) is 44.7 Å². The third kappa shape index (κ3) is 6.19. The Kier molecular flexibility index (Phi) is 8.02. The molecule has 8 nitrogen and oxygen atoms in total. The van der Waals surface area contributed by atoms with Gasteiger partial charge in [0.15, 0.2) is 0 Å². The van der Waals surface area contributed by atoms with Crippen molar-refractivity contribution in [1.82, 2.24) is 9.80 Å². The second-order valence-electron chi connectivity index (χ2n) is 9.48. The summed E-state index contributed by atoms with van der Waals surface area (Å²) in [7, 11) is 0. The number of anilines is 1. The largest absolute Gasteiger partial charge is 0.481 e. The molecule has 35 heavy (non-hydrogen) atoms. The highest BCUT2D eigenvalue weighted by molar-refractivity contribution is 5.96. The fourth-order valence-electron chi connectivity index (χ4n) is 4.99. The van der Waals surface area contributed by atoms with Crippen molar-refractivity contribution in [2.24, 2.45) is 11.7 Å². The van der Waals surface area contributed by atoms with E-state index in [2.05, 4.69) is 5.32 Å². The summed E-state index contributed by atoms with van der Waals surface area (Å²) < 4.78 is 0. The monoisotopic (exact) mass is 478 g/mol. The number of carboxylic acids is 1. The highest BCUT2D eigenvalue weighted by Gasteiger charge is 2.31. The van der Waals surface area contributed by atoms with Crippen LogP contribution in [-0.2, 0) is 22.6 Å². The molecule has 0 aliphatic carbocycles. The lowest BCUT2D eigenvalue weighted by atomic mass is 9.93. The van der Waals surface area contributed by atoms with E-state index in [0.717, 1.165) is 30.4 Å². The van der Waals surface area contributed by atoms with Crippen molar-refractivity contribution < 1.29 is 19.5 Å². The Labute approximate surface area is 206 Å². The third-order valence-corrected chi connectivity index (χ3v) is 7.03. The molecule has 1 saturated heterocycles. The summed E-state index contributed by atoms with van der Waals surface area (Å²) >= 11 is 0. The molecule has 2 heterocycles. The van der Waals surface area contributed by atoms with E-state index < -0.39 is 12.0 Å². The molecule has 1 atom stereocenters. The van der Waals surface area contributed by atoms with Crippen LogP contribution in [0.2, 0.25) is 0 Å². The van der Waals surface area contributed by atoms with E-state index >= 15 is 0 Å². The highest BCUT2D eigenvalue weighted by atomic mass is 16.4. The Hall–Kier alpha value is -3.39. The van der Waals surface area contributed by atoms with Crippen LogP contribution in [0, 0.1) is 5.92 Å². The van der Waals surface area contributed by atoms with Crippen molar-refractivity contribution in [3.05, 3.63) is 65.2 Å². The molecule has 2 aromatic carbocycles. The van der Waals surface area contributed by atoms with Gasteiger partial charge >= 0.3 is 5.97 Å². The van der Waals surface area contributed by atoms with Crippen LogP contribution in [0.3, 0.4) is 0 Å². The van der Waals surface area contributed by atoms with Gasteiger partial charge in [-0.25, -0.2) is 0 Å². The van der Waals surface area contributed by atoms with E-state index in [0.29, 0.717) is 56.3 Å². The zero-order valence-corrected chi connectivity index (χ0v) is 20.0. The molecule has 1 fully saturated rings. The number of carbonyl (C=O) groups excluding carboxylic acids is 2. The summed E-state index contributed by atoms with van der Waals surface area (Å²) in [5.74, 6) is -0.751. The van der Waals surface area contributed by atoms with Gasteiger partial charge in [-0.1, -0.05) is 36.4 Å². The summed E-state index contributed by atoms with van der Waals surface area (Å²) in [4.78, 5) is 41.5. The summed E-state index contributed by atoms with van der Waals surface area (Å²) in [6.45, 7) is 2.94. The van der Waals surface area contributed by atoms with E-state index in [1.807, 2.05) is 47.4 Å². The van der Waals surface area contributed by atoms with Crippen molar-refractivity contribution >= 4 is 23.5 Å². The van der Waals surface area contributed by atoms with Crippen LogP contribution in [-0.4, -0.2) is 64.9 Å². The number of carbonyl (C=O) groups is 3. The highest BCUT2D eigenvalue weighted by Crippen LogP contribution is 2.28. The van der Waals surface area contributed by atoms with Gasteiger partial charge in [0.2, 0.25) is 5.91 Å². The molecule has 4 rings (SSSR count). The maximum absolute atomic E-state index is 13.2. The van der Waals surface area contributed by atoms with Crippen LogP contribution in [0.4, 0.5) is 5.69 Å². The minimum absolute atomic E-state index is 0.0351. The Morgan fingerprint density at radius 1 is 1.09 bits per heavy atom. The Bertz CT molecular complexity index is 1050. The molecule has 0 bridgehead atoms. The van der Waals surface area contributed by atoms with E-state index in [1.165, 1.54) is 0 Å². The number of nitrogens with one attached hydrogen (secondary N) is 1. The maximum atomic E-state index is 13.2. The van der Waals surface area contributed by atoms with Crippen LogP contribution in [0.1, 0.15) is 47.2 Å². The Morgan fingerprint density at radius 2 is 1.83 bits per heavy atom. The number of hydrogen-bond donors (Lipinski definition) is 3. The van der Waals surface area contributed by atoms with Crippen LogP contribution < -0.4 is 11.1 Å². The van der Waals surface area contributed by atoms with E-state index in [9.17, 15) is 19.5 Å². The number of hydrogen-bond acceptors (Lipinski definition) is 5. The molecule has 186 valence electrons. The molecular formula is C27H34N4O4. The van der Waals surface area contributed by atoms with Crippen LogP contribution in [0.5, 0.6) is 0 Å². The second kappa shape index (κ2) is 11.4. The van der Waals surface area contributed by atoms with Gasteiger partial charge in [-0.15, -0.1) is 0 Å². The van der Waals surface area contributed by atoms with Gasteiger partial charge in [0.25, 0.3) is 5.91 Å². The Balaban J connectivity index is 1.51. The molecular weight excluding hydrogens is 444 g/mol. The van der Waals surface area contributed by atoms with Gasteiger partial charge < -0.3 is 26.0 Å². The number of amides is 2. The van der Waals surface area contributed by atoms with Gasteiger partial charge in [-0.3, -0.25) is 14.4 Å². The normalized spacial score (nSPS) is 18.5.